The van der Waals surface area contributed by atoms with Gasteiger partial charge in [-0.15, -0.1) is 11.3 Å². The zero-order valence-corrected chi connectivity index (χ0v) is 11.7. The van der Waals surface area contributed by atoms with Gasteiger partial charge in [0.1, 0.15) is 5.75 Å². The molecule has 1 heterocycles. The van der Waals surface area contributed by atoms with Gasteiger partial charge in [-0.05, 0) is 24.6 Å². The lowest BCUT2D eigenvalue weighted by Gasteiger charge is -2.12. The molecular weight excluding hydrogens is 264 g/mol. The number of methoxy groups -OCH3 is 1. The predicted octanol–water partition coefficient (Wildman–Crippen LogP) is 1.81. The number of hydrogen-bond acceptors (Lipinski definition) is 5. The largest absolute Gasteiger partial charge is 0.497 e. The Bertz CT molecular complexity index is 578. The molecule has 2 aromatic rings. The summed E-state index contributed by atoms with van der Waals surface area (Å²) >= 11 is 1.31. The highest BCUT2D eigenvalue weighted by molar-refractivity contribution is 7.20. The Morgan fingerprint density at radius 3 is 3.00 bits per heavy atom. The van der Waals surface area contributed by atoms with Crippen molar-refractivity contribution in [3.63, 3.8) is 0 Å². The van der Waals surface area contributed by atoms with Crippen LogP contribution in [-0.2, 0) is 0 Å². The van der Waals surface area contributed by atoms with Gasteiger partial charge in [-0.1, -0.05) is 6.92 Å². The fourth-order valence-electron chi connectivity index (χ4n) is 1.65. The van der Waals surface area contributed by atoms with E-state index in [2.05, 4.69) is 10.3 Å². The molecule has 2 rings (SSSR count). The van der Waals surface area contributed by atoms with Crippen molar-refractivity contribution < 1.29 is 14.6 Å². The van der Waals surface area contributed by atoms with Gasteiger partial charge in [-0.2, -0.15) is 0 Å². The van der Waals surface area contributed by atoms with Crippen LogP contribution >= 0.6 is 11.3 Å². The molecule has 1 atom stereocenters. The molecule has 2 N–H and O–H groups in total. The third kappa shape index (κ3) is 3.02. The first-order valence-corrected chi connectivity index (χ1v) is 6.85. The molecular formula is C13H16N2O3S. The molecule has 0 saturated heterocycles. The molecule has 1 unspecified atom stereocenters. The summed E-state index contributed by atoms with van der Waals surface area (Å²) in [5.74, 6) is 0.492. The second kappa shape index (κ2) is 5.99. The highest BCUT2D eigenvalue weighted by Crippen LogP contribution is 2.26. The average Bonchev–Trinajstić information content (AvgIpc) is 2.87. The van der Waals surface area contributed by atoms with E-state index in [1.165, 1.54) is 11.3 Å². The average molecular weight is 280 g/mol. The number of carbonyl (C=O) groups excluding carboxylic acids is 1. The minimum absolute atomic E-state index is 0.0685. The van der Waals surface area contributed by atoms with Crippen molar-refractivity contribution in [2.24, 2.45) is 0 Å². The third-order valence-electron chi connectivity index (χ3n) is 2.84. The number of amides is 1. The topological polar surface area (TPSA) is 71.5 Å². The van der Waals surface area contributed by atoms with Gasteiger partial charge in [0.05, 0.1) is 30.0 Å². The highest BCUT2D eigenvalue weighted by Gasteiger charge is 2.15. The van der Waals surface area contributed by atoms with Crippen LogP contribution in [0.1, 0.15) is 23.1 Å². The zero-order chi connectivity index (χ0) is 13.8. The molecule has 0 fully saturated rings. The fraction of sp³-hybridized carbons (Fsp3) is 0.385. The summed E-state index contributed by atoms with van der Waals surface area (Å²) in [6, 6.07) is 5.26. The molecule has 0 bridgehead atoms. The second-order valence-electron chi connectivity index (χ2n) is 4.11. The van der Waals surface area contributed by atoms with Crippen LogP contribution in [0.25, 0.3) is 10.2 Å². The minimum atomic E-state index is -0.249. The summed E-state index contributed by atoms with van der Waals surface area (Å²) < 4.78 is 6.04. The lowest BCUT2D eigenvalue weighted by atomic mass is 10.2. The molecule has 0 aliphatic rings. The maximum absolute atomic E-state index is 12.0. The van der Waals surface area contributed by atoms with Crippen LogP contribution in [0.3, 0.4) is 0 Å². The van der Waals surface area contributed by atoms with Crippen LogP contribution < -0.4 is 10.1 Å². The molecule has 0 saturated carbocycles. The Labute approximate surface area is 115 Å². The van der Waals surface area contributed by atoms with Crippen LogP contribution in [-0.4, -0.2) is 35.8 Å². The number of aromatic nitrogens is 1. The summed E-state index contributed by atoms with van der Waals surface area (Å²) in [5.41, 5.74) is 0.771. The van der Waals surface area contributed by atoms with E-state index in [1.807, 2.05) is 25.1 Å². The Morgan fingerprint density at radius 2 is 2.37 bits per heavy atom. The number of aliphatic hydroxyl groups excluding tert-OH is 1. The second-order valence-corrected chi connectivity index (χ2v) is 5.14. The molecule has 5 nitrogen and oxygen atoms in total. The molecule has 19 heavy (non-hydrogen) atoms. The van der Waals surface area contributed by atoms with E-state index in [4.69, 9.17) is 9.84 Å². The number of ether oxygens (including phenoxy) is 1. The van der Waals surface area contributed by atoms with E-state index in [0.29, 0.717) is 11.4 Å². The minimum Gasteiger partial charge on any atom is -0.497 e. The number of hydrogen-bond donors (Lipinski definition) is 2. The summed E-state index contributed by atoms with van der Waals surface area (Å²) in [5, 5.41) is 12.2. The normalized spacial score (nSPS) is 12.4. The Balaban J connectivity index is 2.23. The summed E-state index contributed by atoms with van der Waals surface area (Å²) in [7, 11) is 1.60. The van der Waals surface area contributed by atoms with Gasteiger partial charge < -0.3 is 15.2 Å². The Morgan fingerprint density at radius 1 is 1.58 bits per heavy atom. The lowest BCUT2D eigenvalue weighted by molar-refractivity contribution is 0.0915. The number of rotatable bonds is 5. The van der Waals surface area contributed by atoms with Crippen molar-refractivity contribution in [2.75, 3.05) is 13.7 Å². The first kappa shape index (κ1) is 13.8. The van der Waals surface area contributed by atoms with E-state index in [-0.39, 0.29) is 18.6 Å². The highest BCUT2D eigenvalue weighted by atomic mass is 32.1. The SMILES string of the molecule is CCC(CO)NC(=O)c1nc2ccc(OC)cc2s1. The number of aliphatic hydroxyl groups is 1. The molecule has 0 aliphatic heterocycles. The zero-order valence-electron chi connectivity index (χ0n) is 10.8. The standard InChI is InChI=1S/C13H16N2O3S/c1-3-8(7-16)14-12(17)13-15-10-5-4-9(18-2)6-11(10)19-13/h4-6,8,16H,3,7H2,1-2H3,(H,14,17). The summed E-state index contributed by atoms with van der Waals surface area (Å²) in [4.78, 5) is 16.3. The van der Waals surface area contributed by atoms with E-state index >= 15 is 0 Å². The maximum atomic E-state index is 12.0. The van der Waals surface area contributed by atoms with Crippen LogP contribution in [0, 0.1) is 0 Å². The van der Waals surface area contributed by atoms with Crippen molar-refractivity contribution in [1.29, 1.82) is 0 Å². The van der Waals surface area contributed by atoms with Crippen LogP contribution in [0.4, 0.5) is 0 Å². The van der Waals surface area contributed by atoms with Crippen LogP contribution in [0.2, 0.25) is 0 Å². The molecule has 0 radical (unpaired) electrons. The molecule has 1 amide bonds. The van der Waals surface area contributed by atoms with Crippen molar-refractivity contribution in [2.45, 2.75) is 19.4 Å². The summed E-state index contributed by atoms with van der Waals surface area (Å²) in [6.45, 7) is 1.84. The molecule has 1 aromatic heterocycles. The monoisotopic (exact) mass is 280 g/mol. The molecule has 6 heteroatoms. The van der Waals surface area contributed by atoms with Crippen molar-refractivity contribution in [3.8, 4) is 5.75 Å². The van der Waals surface area contributed by atoms with E-state index in [9.17, 15) is 4.79 Å². The number of benzene rings is 1. The van der Waals surface area contributed by atoms with E-state index < -0.39 is 0 Å². The first-order valence-electron chi connectivity index (χ1n) is 6.04. The predicted molar refractivity (Wildman–Crippen MR) is 74.8 cm³/mol. The fourth-order valence-corrected chi connectivity index (χ4v) is 2.55. The van der Waals surface area contributed by atoms with E-state index in [0.717, 1.165) is 16.0 Å². The first-order chi connectivity index (χ1) is 9.17. The van der Waals surface area contributed by atoms with Gasteiger partial charge in [0, 0.05) is 0 Å². The quantitative estimate of drug-likeness (QED) is 0.876. The third-order valence-corrected chi connectivity index (χ3v) is 3.86. The van der Waals surface area contributed by atoms with E-state index in [1.54, 1.807) is 7.11 Å². The number of fused-ring (bicyclic) bond motifs is 1. The molecule has 1 aromatic carbocycles. The van der Waals surface area contributed by atoms with Gasteiger partial charge in [-0.25, -0.2) is 4.98 Å². The summed E-state index contributed by atoms with van der Waals surface area (Å²) in [6.07, 6.45) is 0.682. The van der Waals surface area contributed by atoms with Crippen LogP contribution in [0.5, 0.6) is 5.75 Å². The van der Waals surface area contributed by atoms with Gasteiger partial charge in [-0.3, -0.25) is 4.79 Å². The number of thiazole rings is 1. The number of carbonyl (C=O) groups is 1. The number of nitrogens with one attached hydrogen (secondary N) is 1. The Kier molecular flexibility index (Phi) is 4.34. The van der Waals surface area contributed by atoms with Crippen LogP contribution in [0.15, 0.2) is 18.2 Å². The Hall–Kier alpha value is -1.66. The lowest BCUT2D eigenvalue weighted by Crippen LogP contribution is -2.36. The van der Waals surface area contributed by atoms with Crippen molar-refractivity contribution in [3.05, 3.63) is 23.2 Å². The molecule has 0 aliphatic carbocycles. The molecule has 0 spiro atoms. The van der Waals surface area contributed by atoms with Gasteiger partial charge >= 0.3 is 0 Å². The maximum Gasteiger partial charge on any atom is 0.280 e. The number of nitrogens with zero attached hydrogens (tertiary/aromatic N) is 1. The van der Waals surface area contributed by atoms with Crippen molar-refractivity contribution in [1.82, 2.24) is 10.3 Å². The smallest absolute Gasteiger partial charge is 0.280 e. The molecule has 102 valence electrons. The van der Waals surface area contributed by atoms with Gasteiger partial charge in [0.15, 0.2) is 5.01 Å². The van der Waals surface area contributed by atoms with Gasteiger partial charge in [0.2, 0.25) is 0 Å². The van der Waals surface area contributed by atoms with Crippen molar-refractivity contribution >= 4 is 27.5 Å². The van der Waals surface area contributed by atoms with Gasteiger partial charge in [0.25, 0.3) is 5.91 Å².